The number of thioether (sulfide) groups is 1. The molecule has 1 aromatic rings. The maximum atomic E-state index is 12.0. The van der Waals surface area contributed by atoms with Gasteiger partial charge in [-0.1, -0.05) is 38.3 Å². The summed E-state index contributed by atoms with van der Waals surface area (Å²) in [4.78, 5) is 25.1. The molecule has 0 N–H and O–H groups in total. The Labute approximate surface area is 147 Å². The van der Waals surface area contributed by atoms with Crippen LogP contribution in [-0.4, -0.2) is 23.5 Å². The number of hydrogen-bond donors (Lipinski definition) is 0. The molecule has 0 spiro atoms. The number of ether oxygens (including phenoxy) is 2. The minimum atomic E-state index is -1.21. The Bertz CT molecular complexity index is 612. The van der Waals surface area contributed by atoms with Crippen LogP contribution in [0.25, 0.3) is 6.08 Å². The van der Waals surface area contributed by atoms with Crippen LogP contribution in [0, 0.1) is 0 Å². The lowest BCUT2D eigenvalue weighted by Crippen LogP contribution is -2.41. The zero-order valence-corrected chi connectivity index (χ0v) is 15.3. The minimum Gasteiger partial charge on any atom is -0.419 e. The van der Waals surface area contributed by atoms with Gasteiger partial charge in [0, 0.05) is 18.7 Å². The van der Waals surface area contributed by atoms with Gasteiger partial charge in [-0.2, -0.15) is 0 Å². The second-order valence-corrected chi connectivity index (χ2v) is 7.39. The highest BCUT2D eigenvalue weighted by Crippen LogP contribution is 2.26. The first-order valence-corrected chi connectivity index (χ1v) is 9.31. The van der Waals surface area contributed by atoms with Gasteiger partial charge in [-0.05, 0) is 35.9 Å². The van der Waals surface area contributed by atoms with Crippen LogP contribution in [-0.2, 0) is 19.1 Å². The van der Waals surface area contributed by atoms with Crippen LogP contribution in [0.15, 0.2) is 34.7 Å². The van der Waals surface area contributed by atoms with Crippen LogP contribution in [0.5, 0.6) is 0 Å². The average Bonchev–Trinajstić information content (AvgIpc) is 2.50. The number of carbonyl (C=O) groups is 2. The highest BCUT2D eigenvalue weighted by Gasteiger charge is 2.38. The van der Waals surface area contributed by atoms with Gasteiger partial charge in [0.15, 0.2) is 0 Å². The van der Waals surface area contributed by atoms with Gasteiger partial charge in [0.25, 0.3) is 5.79 Å². The number of rotatable bonds is 7. The monoisotopic (exact) mass is 348 g/mol. The molecule has 1 fully saturated rings. The summed E-state index contributed by atoms with van der Waals surface area (Å²) in [5.41, 5.74) is 0.719. The Morgan fingerprint density at radius 2 is 1.79 bits per heavy atom. The SMILES string of the molecule is CCCCCCSc1cccc(C=C2C(=O)OC(C)(C)OC2=O)c1. The summed E-state index contributed by atoms with van der Waals surface area (Å²) in [6.45, 7) is 5.28. The van der Waals surface area contributed by atoms with Crippen LogP contribution in [0.1, 0.15) is 52.0 Å². The molecule has 0 unspecified atom stereocenters. The summed E-state index contributed by atoms with van der Waals surface area (Å²) >= 11 is 1.79. The number of hydrogen-bond acceptors (Lipinski definition) is 5. The van der Waals surface area contributed by atoms with Gasteiger partial charge in [0.1, 0.15) is 5.57 Å². The van der Waals surface area contributed by atoms with Crippen molar-refractivity contribution in [3.63, 3.8) is 0 Å². The van der Waals surface area contributed by atoms with E-state index in [0.29, 0.717) is 0 Å². The predicted octanol–water partition coefficient (Wildman–Crippen LogP) is 4.58. The maximum absolute atomic E-state index is 12.0. The van der Waals surface area contributed by atoms with Crippen molar-refractivity contribution < 1.29 is 19.1 Å². The number of cyclic esters (lactones) is 2. The van der Waals surface area contributed by atoms with E-state index in [9.17, 15) is 9.59 Å². The van der Waals surface area contributed by atoms with Gasteiger partial charge < -0.3 is 9.47 Å². The van der Waals surface area contributed by atoms with Gasteiger partial charge in [0.2, 0.25) is 0 Å². The molecule has 0 aromatic heterocycles. The molecular formula is C19H24O4S. The molecule has 5 heteroatoms. The summed E-state index contributed by atoms with van der Waals surface area (Å²) in [6.07, 6.45) is 6.48. The number of carbonyl (C=O) groups excluding carboxylic acids is 2. The Morgan fingerprint density at radius 1 is 1.08 bits per heavy atom. The first kappa shape index (κ1) is 18.6. The minimum absolute atomic E-state index is 0.0700. The fourth-order valence-corrected chi connectivity index (χ4v) is 3.34. The van der Waals surface area contributed by atoms with Crippen molar-refractivity contribution in [3.05, 3.63) is 35.4 Å². The smallest absolute Gasteiger partial charge is 0.348 e. The van der Waals surface area contributed by atoms with Gasteiger partial charge in [0.05, 0.1) is 0 Å². The van der Waals surface area contributed by atoms with E-state index in [0.717, 1.165) is 16.2 Å². The van der Waals surface area contributed by atoms with E-state index in [2.05, 4.69) is 6.92 Å². The first-order chi connectivity index (χ1) is 11.4. The third kappa shape index (κ3) is 5.41. The molecule has 1 aromatic carbocycles. The van der Waals surface area contributed by atoms with Gasteiger partial charge in [-0.3, -0.25) is 0 Å². The molecule has 24 heavy (non-hydrogen) atoms. The van der Waals surface area contributed by atoms with E-state index >= 15 is 0 Å². The van der Waals surface area contributed by atoms with Crippen LogP contribution in [0.4, 0.5) is 0 Å². The highest BCUT2D eigenvalue weighted by molar-refractivity contribution is 7.99. The maximum Gasteiger partial charge on any atom is 0.348 e. The third-order valence-electron chi connectivity index (χ3n) is 3.55. The van der Waals surface area contributed by atoms with Gasteiger partial charge >= 0.3 is 11.9 Å². The summed E-state index contributed by atoms with van der Waals surface area (Å²) in [5.74, 6) is -1.43. The van der Waals surface area contributed by atoms with Crippen molar-refractivity contribution in [2.45, 2.75) is 57.1 Å². The van der Waals surface area contributed by atoms with Gasteiger partial charge in [-0.15, -0.1) is 11.8 Å². The Kier molecular flexibility index (Phi) is 6.49. The third-order valence-corrected chi connectivity index (χ3v) is 4.63. The largest absolute Gasteiger partial charge is 0.419 e. The molecule has 0 atom stereocenters. The second-order valence-electron chi connectivity index (χ2n) is 6.22. The van der Waals surface area contributed by atoms with E-state index in [1.54, 1.807) is 11.8 Å². The van der Waals surface area contributed by atoms with E-state index in [-0.39, 0.29) is 5.57 Å². The van der Waals surface area contributed by atoms with E-state index in [4.69, 9.17) is 9.47 Å². The topological polar surface area (TPSA) is 52.6 Å². The standard InChI is InChI=1S/C19H24O4S/c1-4-5-6-7-11-24-15-10-8-9-14(12-15)13-16-17(20)22-19(2,3)23-18(16)21/h8-10,12-13H,4-7,11H2,1-3H3. The van der Waals surface area contributed by atoms with Crippen molar-refractivity contribution in [2.24, 2.45) is 0 Å². The number of benzene rings is 1. The fourth-order valence-electron chi connectivity index (χ4n) is 2.36. The highest BCUT2D eigenvalue weighted by atomic mass is 32.2. The molecule has 1 saturated heterocycles. The predicted molar refractivity (Wildman–Crippen MR) is 95.5 cm³/mol. The summed E-state index contributed by atoms with van der Waals surface area (Å²) in [6, 6.07) is 7.78. The van der Waals surface area contributed by atoms with Crippen molar-refractivity contribution in [2.75, 3.05) is 5.75 Å². The first-order valence-electron chi connectivity index (χ1n) is 8.32. The van der Waals surface area contributed by atoms with Crippen molar-refractivity contribution in [1.29, 1.82) is 0 Å². The molecule has 4 nitrogen and oxygen atoms in total. The van der Waals surface area contributed by atoms with Crippen LogP contribution in [0.3, 0.4) is 0 Å². The van der Waals surface area contributed by atoms with E-state index < -0.39 is 17.7 Å². The molecule has 0 amide bonds. The lowest BCUT2D eigenvalue weighted by atomic mass is 10.1. The van der Waals surface area contributed by atoms with Gasteiger partial charge in [-0.25, -0.2) is 9.59 Å². The Morgan fingerprint density at radius 3 is 2.46 bits per heavy atom. The summed E-state index contributed by atoms with van der Waals surface area (Å²) in [7, 11) is 0. The molecule has 0 radical (unpaired) electrons. The molecule has 1 heterocycles. The normalized spacial score (nSPS) is 16.5. The quantitative estimate of drug-likeness (QED) is 0.237. The fraction of sp³-hybridized carbons (Fsp3) is 0.474. The number of unbranched alkanes of at least 4 members (excludes halogenated alkanes) is 3. The second kappa shape index (κ2) is 8.38. The zero-order valence-electron chi connectivity index (χ0n) is 14.5. The van der Waals surface area contributed by atoms with Crippen LogP contribution >= 0.6 is 11.8 Å². The molecule has 0 saturated carbocycles. The number of esters is 2. The van der Waals surface area contributed by atoms with E-state index in [1.807, 2.05) is 24.3 Å². The van der Waals surface area contributed by atoms with Crippen LogP contribution in [0.2, 0.25) is 0 Å². The molecule has 2 rings (SSSR count). The molecule has 0 bridgehead atoms. The average molecular weight is 348 g/mol. The molecule has 130 valence electrons. The lowest BCUT2D eigenvalue weighted by molar-refractivity contribution is -0.222. The van der Waals surface area contributed by atoms with Crippen molar-refractivity contribution in [3.8, 4) is 0 Å². The summed E-state index contributed by atoms with van der Waals surface area (Å²) < 4.78 is 10.2. The Hall–Kier alpha value is -1.75. The molecular weight excluding hydrogens is 324 g/mol. The van der Waals surface area contributed by atoms with E-state index in [1.165, 1.54) is 45.6 Å². The zero-order chi connectivity index (χ0) is 17.6. The molecule has 0 aliphatic carbocycles. The Balaban J connectivity index is 2.03. The lowest BCUT2D eigenvalue weighted by Gasteiger charge is -2.29. The summed E-state index contributed by atoms with van der Waals surface area (Å²) in [5, 5.41) is 0. The van der Waals surface area contributed by atoms with Crippen molar-refractivity contribution >= 4 is 29.8 Å². The molecule has 1 aliphatic heterocycles. The van der Waals surface area contributed by atoms with Crippen molar-refractivity contribution in [1.82, 2.24) is 0 Å². The molecule has 1 aliphatic rings. The van der Waals surface area contributed by atoms with Crippen LogP contribution < -0.4 is 0 Å².